The molecule has 3 unspecified atom stereocenters. The minimum atomic E-state index is -0.647. The highest BCUT2D eigenvalue weighted by molar-refractivity contribution is 5.68. The summed E-state index contributed by atoms with van der Waals surface area (Å²) in [5.74, 6) is 4.48. The van der Waals surface area contributed by atoms with Crippen LogP contribution in [-0.4, -0.2) is 58.1 Å². The molecule has 2 aliphatic rings. The van der Waals surface area contributed by atoms with Crippen LogP contribution in [0.3, 0.4) is 0 Å². The maximum Gasteiger partial charge on any atom is 0.207 e. The molecule has 4 rings (SSSR count). The molecular formula is C40H60N2O6. The Morgan fingerprint density at radius 3 is 2.02 bits per heavy atom. The first-order valence-electron chi connectivity index (χ1n) is 18.5. The van der Waals surface area contributed by atoms with Crippen LogP contribution >= 0.6 is 0 Å². The van der Waals surface area contributed by atoms with E-state index in [2.05, 4.69) is 45.7 Å². The number of rotatable bonds is 20. The largest absolute Gasteiger partial charge is 0.490 e. The van der Waals surface area contributed by atoms with E-state index < -0.39 is 5.41 Å². The quantitative estimate of drug-likeness (QED) is 0.130. The summed E-state index contributed by atoms with van der Waals surface area (Å²) >= 11 is 0. The van der Waals surface area contributed by atoms with E-state index >= 15 is 0 Å². The van der Waals surface area contributed by atoms with E-state index in [0.717, 1.165) is 118 Å². The average Bonchev–Trinajstić information content (AvgIpc) is 3.11. The van der Waals surface area contributed by atoms with E-state index in [-0.39, 0.29) is 18.1 Å². The van der Waals surface area contributed by atoms with Crippen LogP contribution in [-0.2, 0) is 13.0 Å². The van der Waals surface area contributed by atoms with Gasteiger partial charge in [0.05, 0.1) is 33.5 Å². The van der Waals surface area contributed by atoms with E-state index in [9.17, 15) is 5.26 Å². The Morgan fingerprint density at radius 1 is 0.854 bits per heavy atom. The molecular weight excluding hydrogens is 604 g/mol. The molecule has 0 bridgehead atoms. The average molecular weight is 665 g/mol. The summed E-state index contributed by atoms with van der Waals surface area (Å²) in [5, 5.41) is 10.9. The van der Waals surface area contributed by atoms with Gasteiger partial charge < -0.3 is 28.4 Å². The second kappa shape index (κ2) is 18.5. The standard InChI is InChI=1S/C40H60N2O6/c1-8-12-16-23-45-36-31-25-30(42(5)26-32(31)37(46-24-17-13-9-2)39(44-7)38(36)43-6)19-18-22-40(28-41,29(10-3)11-4)35-27-47-33-20-14-15-21-34(33)48-35/h14-15,20-21,29-30,35H,8-13,16-19,22-27H2,1-7H3. The van der Waals surface area contributed by atoms with Crippen molar-refractivity contribution in [1.29, 1.82) is 5.26 Å². The molecule has 0 aliphatic carbocycles. The highest BCUT2D eigenvalue weighted by atomic mass is 16.6. The molecule has 0 saturated heterocycles. The Morgan fingerprint density at radius 2 is 1.46 bits per heavy atom. The van der Waals surface area contributed by atoms with Gasteiger partial charge in [0.25, 0.3) is 0 Å². The van der Waals surface area contributed by atoms with Crippen molar-refractivity contribution >= 4 is 0 Å². The Kier molecular flexibility index (Phi) is 14.4. The lowest BCUT2D eigenvalue weighted by Gasteiger charge is -2.43. The van der Waals surface area contributed by atoms with Crippen LogP contribution in [0.5, 0.6) is 34.5 Å². The molecule has 8 nitrogen and oxygen atoms in total. The molecule has 0 amide bonds. The van der Waals surface area contributed by atoms with Gasteiger partial charge in [0, 0.05) is 23.7 Å². The summed E-state index contributed by atoms with van der Waals surface area (Å²) in [5.41, 5.74) is 1.64. The third-order valence-electron chi connectivity index (χ3n) is 10.5. The normalized spacial score (nSPS) is 18.5. The lowest BCUT2D eigenvalue weighted by molar-refractivity contribution is -0.0217. The second-order valence-corrected chi connectivity index (χ2v) is 13.5. The summed E-state index contributed by atoms with van der Waals surface area (Å²) in [6, 6.07) is 10.9. The zero-order chi connectivity index (χ0) is 34.5. The van der Waals surface area contributed by atoms with Crippen LogP contribution in [0.2, 0.25) is 0 Å². The highest BCUT2D eigenvalue weighted by Gasteiger charge is 2.48. The van der Waals surface area contributed by atoms with Crippen molar-refractivity contribution in [3.05, 3.63) is 35.4 Å². The molecule has 266 valence electrons. The van der Waals surface area contributed by atoms with E-state index in [4.69, 9.17) is 28.4 Å². The van der Waals surface area contributed by atoms with Gasteiger partial charge >= 0.3 is 0 Å². The van der Waals surface area contributed by atoms with Gasteiger partial charge in [-0.2, -0.15) is 5.26 Å². The monoisotopic (exact) mass is 664 g/mol. The first kappa shape index (κ1) is 37.5. The molecule has 0 N–H and O–H groups in total. The van der Waals surface area contributed by atoms with Crippen molar-refractivity contribution in [2.45, 2.75) is 123 Å². The topological polar surface area (TPSA) is 82.4 Å². The molecule has 8 heteroatoms. The van der Waals surface area contributed by atoms with Crippen molar-refractivity contribution in [3.8, 4) is 40.6 Å². The predicted molar refractivity (Wildman–Crippen MR) is 191 cm³/mol. The number of nitriles is 1. The van der Waals surface area contributed by atoms with Gasteiger partial charge in [0.1, 0.15) is 12.0 Å². The first-order chi connectivity index (χ1) is 23.4. The van der Waals surface area contributed by atoms with Crippen LogP contribution in [0.1, 0.15) is 109 Å². The van der Waals surface area contributed by atoms with Crippen LogP contribution in [0.4, 0.5) is 0 Å². The number of para-hydroxylation sites is 2. The maximum absolute atomic E-state index is 10.9. The smallest absolute Gasteiger partial charge is 0.207 e. The van der Waals surface area contributed by atoms with Crippen LogP contribution in [0.15, 0.2) is 24.3 Å². The van der Waals surface area contributed by atoms with Gasteiger partial charge in [-0.25, -0.2) is 0 Å². The molecule has 3 atom stereocenters. The summed E-state index contributed by atoms with van der Waals surface area (Å²) in [6.45, 7) is 11.2. The van der Waals surface area contributed by atoms with Crippen molar-refractivity contribution in [3.63, 3.8) is 0 Å². The number of fused-ring (bicyclic) bond motifs is 2. The molecule has 2 aromatic rings. The van der Waals surface area contributed by atoms with Crippen molar-refractivity contribution in [2.24, 2.45) is 11.3 Å². The third-order valence-corrected chi connectivity index (χ3v) is 10.5. The summed E-state index contributed by atoms with van der Waals surface area (Å²) < 4.78 is 37.7. The summed E-state index contributed by atoms with van der Waals surface area (Å²) in [4.78, 5) is 2.43. The Hall–Kier alpha value is -3.31. The molecule has 48 heavy (non-hydrogen) atoms. The van der Waals surface area contributed by atoms with Gasteiger partial charge in [-0.3, -0.25) is 4.90 Å². The first-order valence-corrected chi connectivity index (χ1v) is 18.5. The van der Waals surface area contributed by atoms with Crippen LogP contribution < -0.4 is 28.4 Å². The Labute approximate surface area is 290 Å². The molecule has 2 aliphatic heterocycles. The number of nitrogens with zero attached hydrogens (tertiary/aromatic N) is 2. The molecule has 0 spiro atoms. The molecule has 0 aromatic heterocycles. The number of methoxy groups -OCH3 is 2. The molecule has 2 aromatic carbocycles. The van der Waals surface area contributed by atoms with Crippen molar-refractivity contribution in [1.82, 2.24) is 4.90 Å². The molecule has 0 saturated carbocycles. The fourth-order valence-electron chi connectivity index (χ4n) is 7.73. The van der Waals surface area contributed by atoms with E-state index in [1.165, 1.54) is 0 Å². The lowest BCUT2D eigenvalue weighted by atomic mass is 9.66. The van der Waals surface area contributed by atoms with E-state index in [1.807, 2.05) is 24.3 Å². The molecule has 0 radical (unpaired) electrons. The van der Waals surface area contributed by atoms with Crippen molar-refractivity contribution < 1.29 is 28.4 Å². The number of hydrogen-bond acceptors (Lipinski definition) is 8. The number of ether oxygens (including phenoxy) is 6. The highest BCUT2D eigenvalue weighted by Crippen LogP contribution is 2.52. The number of benzene rings is 2. The molecule has 2 heterocycles. The fraction of sp³-hybridized carbons (Fsp3) is 0.675. The number of hydrogen-bond donors (Lipinski definition) is 0. The summed E-state index contributed by atoms with van der Waals surface area (Å²) in [7, 11) is 5.56. The SMILES string of the molecule is CCCCCOc1c2c(c(OCCCCC)c(OC)c1OC)CN(C)C(CCCC(C#N)(C(CC)CC)C1COc3ccccc3O1)C2. The van der Waals surface area contributed by atoms with Crippen LogP contribution in [0.25, 0.3) is 0 Å². The van der Waals surface area contributed by atoms with Gasteiger partial charge in [-0.15, -0.1) is 0 Å². The Balaban J connectivity index is 1.61. The third kappa shape index (κ3) is 8.28. The zero-order valence-corrected chi connectivity index (χ0v) is 30.7. The Bertz CT molecular complexity index is 1340. The van der Waals surface area contributed by atoms with Gasteiger partial charge in [0.2, 0.25) is 11.5 Å². The van der Waals surface area contributed by atoms with E-state index in [0.29, 0.717) is 31.3 Å². The van der Waals surface area contributed by atoms with Gasteiger partial charge in [-0.05, 0) is 57.2 Å². The lowest BCUT2D eigenvalue weighted by Crippen LogP contribution is -2.49. The predicted octanol–water partition coefficient (Wildman–Crippen LogP) is 9.15. The number of likely N-dealkylation sites (N-methyl/N-ethyl adjacent to an activating group) is 1. The molecule has 0 fully saturated rings. The van der Waals surface area contributed by atoms with Gasteiger partial charge in [-0.1, -0.05) is 84.8 Å². The fourth-order valence-corrected chi connectivity index (χ4v) is 7.73. The van der Waals surface area contributed by atoms with Crippen LogP contribution in [0, 0.1) is 22.7 Å². The minimum Gasteiger partial charge on any atom is -0.490 e. The zero-order valence-electron chi connectivity index (χ0n) is 30.7. The van der Waals surface area contributed by atoms with E-state index in [1.54, 1.807) is 14.2 Å². The minimum absolute atomic E-state index is 0.207. The maximum atomic E-state index is 10.9. The van der Waals surface area contributed by atoms with Crippen molar-refractivity contribution in [2.75, 3.05) is 41.1 Å². The van der Waals surface area contributed by atoms with Gasteiger partial charge in [0.15, 0.2) is 29.1 Å². The number of unbranched alkanes of at least 4 members (excludes halogenated alkanes) is 4. The second-order valence-electron chi connectivity index (χ2n) is 13.5. The summed E-state index contributed by atoms with van der Waals surface area (Å²) in [6.07, 6.45) is 11.4.